The van der Waals surface area contributed by atoms with Crippen molar-refractivity contribution in [2.24, 2.45) is 0 Å². The smallest absolute Gasteiger partial charge is 0.212 e. The van der Waals surface area contributed by atoms with E-state index in [1.54, 1.807) is 0 Å². The van der Waals surface area contributed by atoms with E-state index in [0.29, 0.717) is 25.7 Å². The summed E-state index contributed by atoms with van der Waals surface area (Å²) in [5, 5.41) is 0. The van der Waals surface area contributed by atoms with Gasteiger partial charge in [-0.2, -0.15) is 13.2 Å². The lowest BCUT2D eigenvalue weighted by Crippen LogP contribution is -2.06. The van der Waals surface area contributed by atoms with Crippen LogP contribution in [0.2, 0.25) is 0 Å². The van der Waals surface area contributed by atoms with Crippen LogP contribution in [0, 0.1) is 0 Å². The second-order valence-electron chi connectivity index (χ2n) is 3.73. The molecule has 0 amide bonds. The normalized spacial score (nSPS) is 13.0. The summed E-state index contributed by atoms with van der Waals surface area (Å²) in [4.78, 5) is 0. The van der Waals surface area contributed by atoms with Gasteiger partial charge in [0.25, 0.3) is 0 Å². The van der Waals surface area contributed by atoms with E-state index < -0.39 is 21.6 Å². The van der Waals surface area contributed by atoms with E-state index in [9.17, 15) is 21.6 Å². The molecule has 98 valence electrons. The molecule has 16 heavy (non-hydrogen) atoms. The molecule has 0 atom stereocenters. The fraction of sp³-hybridized carbons (Fsp3) is 1.00. The van der Waals surface area contributed by atoms with Crippen LogP contribution in [0.3, 0.4) is 0 Å². The van der Waals surface area contributed by atoms with Gasteiger partial charge in [-0.3, -0.25) is 0 Å². The SMILES string of the molecule is O=S(=O)(Cl)CCCCCCCCC(F)(F)F. The molecule has 0 N–H and O–H groups in total. The Balaban J connectivity index is 3.23. The Morgan fingerprint density at radius 1 is 0.875 bits per heavy atom. The Hall–Kier alpha value is 0.0300. The molecule has 0 radical (unpaired) electrons. The zero-order valence-electron chi connectivity index (χ0n) is 8.89. The van der Waals surface area contributed by atoms with Crippen LogP contribution in [0.25, 0.3) is 0 Å². The van der Waals surface area contributed by atoms with Crippen molar-refractivity contribution in [1.82, 2.24) is 0 Å². The number of halogens is 4. The predicted octanol–water partition coefficient (Wildman–Crippen LogP) is 3.85. The van der Waals surface area contributed by atoms with E-state index in [0.717, 1.165) is 6.42 Å². The topological polar surface area (TPSA) is 34.1 Å². The number of rotatable bonds is 8. The van der Waals surface area contributed by atoms with Crippen molar-refractivity contribution in [2.75, 3.05) is 5.75 Å². The molecule has 2 nitrogen and oxygen atoms in total. The maximum Gasteiger partial charge on any atom is 0.389 e. The largest absolute Gasteiger partial charge is 0.389 e. The summed E-state index contributed by atoms with van der Waals surface area (Å²) in [5.74, 6) is -0.0584. The van der Waals surface area contributed by atoms with Crippen LogP contribution in [-0.4, -0.2) is 20.3 Å². The molecule has 0 aliphatic carbocycles. The van der Waals surface area contributed by atoms with Gasteiger partial charge in [-0.25, -0.2) is 8.42 Å². The van der Waals surface area contributed by atoms with E-state index in [1.807, 2.05) is 0 Å². The van der Waals surface area contributed by atoms with Crippen LogP contribution < -0.4 is 0 Å². The standard InChI is InChI=1S/C9H16ClF3O2S/c10-16(14,15)8-6-4-2-1-3-5-7-9(11,12)13/h1-8H2. The van der Waals surface area contributed by atoms with Crippen LogP contribution in [0.5, 0.6) is 0 Å². The third kappa shape index (κ3) is 14.0. The second-order valence-corrected chi connectivity index (χ2v) is 6.63. The molecule has 0 aliphatic rings. The van der Waals surface area contributed by atoms with Crippen molar-refractivity contribution in [2.45, 2.75) is 51.1 Å². The Kier molecular flexibility index (Phi) is 7.39. The van der Waals surface area contributed by atoms with E-state index >= 15 is 0 Å². The van der Waals surface area contributed by atoms with Gasteiger partial charge in [-0.05, 0) is 12.8 Å². The average molecular weight is 281 g/mol. The first-order valence-corrected chi connectivity index (χ1v) is 7.68. The second kappa shape index (κ2) is 7.37. The minimum absolute atomic E-state index is 0.0584. The van der Waals surface area contributed by atoms with Crippen molar-refractivity contribution in [1.29, 1.82) is 0 Å². The molecule has 7 heteroatoms. The van der Waals surface area contributed by atoms with Gasteiger partial charge in [0.1, 0.15) is 0 Å². The molecule has 0 aromatic rings. The zero-order valence-corrected chi connectivity index (χ0v) is 10.5. The average Bonchev–Trinajstić information content (AvgIpc) is 2.06. The van der Waals surface area contributed by atoms with Crippen LogP contribution in [0.4, 0.5) is 13.2 Å². The van der Waals surface area contributed by atoms with Gasteiger partial charge in [-0.1, -0.05) is 25.7 Å². The van der Waals surface area contributed by atoms with Crippen molar-refractivity contribution >= 4 is 19.7 Å². The third-order valence-electron chi connectivity index (χ3n) is 2.10. The first kappa shape index (κ1) is 16.0. The molecule has 0 rings (SSSR count). The summed E-state index contributed by atoms with van der Waals surface area (Å²) in [6.07, 6.45) is -1.48. The van der Waals surface area contributed by atoms with Gasteiger partial charge in [0.05, 0.1) is 5.75 Å². The first-order valence-electron chi connectivity index (χ1n) is 5.20. The van der Waals surface area contributed by atoms with Gasteiger partial charge in [0, 0.05) is 17.1 Å². The molecule has 0 aromatic heterocycles. The summed E-state index contributed by atoms with van der Waals surface area (Å²) in [5.41, 5.74) is 0. The highest BCUT2D eigenvalue weighted by atomic mass is 35.7. The summed E-state index contributed by atoms with van der Waals surface area (Å²) >= 11 is 0. The predicted molar refractivity (Wildman–Crippen MR) is 58.0 cm³/mol. The quantitative estimate of drug-likeness (QED) is 0.500. The summed E-state index contributed by atoms with van der Waals surface area (Å²) in [6.45, 7) is 0. The van der Waals surface area contributed by atoms with Crippen molar-refractivity contribution in [3.63, 3.8) is 0 Å². The molecule has 0 spiro atoms. The molecular formula is C9H16ClF3O2S. The van der Waals surface area contributed by atoms with Crippen LogP contribution in [-0.2, 0) is 9.05 Å². The van der Waals surface area contributed by atoms with Crippen LogP contribution in [0.1, 0.15) is 44.9 Å². The highest BCUT2D eigenvalue weighted by molar-refractivity contribution is 8.13. The minimum Gasteiger partial charge on any atom is -0.212 e. The Morgan fingerprint density at radius 2 is 1.31 bits per heavy atom. The molecule has 0 aliphatic heterocycles. The van der Waals surface area contributed by atoms with Gasteiger partial charge >= 0.3 is 6.18 Å². The van der Waals surface area contributed by atoms with E-state index in [-0.39, 0.29) is 12.2 Å². The molecule has 0 saturated carbocycles. The van der Waals surface area contributed by atoms with E-state index in [4.69, 9.17) is 10.7 Å². The zero-order chi connectivity index (χ0) is 12.7. The molecule has 0 bridgehead atoms. The van der Waals surface area contributed by atoms with Crippen LogP contribution >= 0.6 is 10.7 Å². The minimum atomic E-state index is -4.06. The molecule has 0 fully saturated rings. The van der Waals surface area contributed by atoms with Crippen molar-refractivity contribution in [3.8, 4) is 0 Å². The Bertz CT molecular complexity index is 275. The summed E-state index contributed by atoms with van der Waals surface area (Å²) < 4.78 is 56.2. The van der Waals surface area contributed by atoms with Gasteiger partial charge in [0.15, 0.2) is 0 Å². The first-order chi connectivity index (χ1) is 7.21. The fourth-order valence-electron chi connectivity index (χ4n) is 1.31. The Labute approximate surface area is 98.6 Å². The van der Waals surface area contributed by atoms with Crippen molar-refractivity contribution in [3.05, 3.63) is 0 Å². The maximum absolute atomic E-state index is 11.7. The summed E-state index contributed by atoms with van der Waals surface area (Å²) in [6, 6.07) is 0. The number of hydrogen-bond donors (Lipinski definition) is 0. The lowest BCUT2D eigenvalue weighted by molar-refractivity contribution is -0.135. The van der Waals surface area contributed by atoms with Crippen LogP contribution in [0.15, 0.2) is 0 Å². The molecule has 0 heterocycles. The molecule has 0 saturated heterocycles. The highest BCUT2D eigenvalue weighted by Gasteiger charge is 2.25. The third-order valence-corrected chi connectivity index (χ3v) is 3.34. The van der Waals surface area contributed by atoms with Crippen molar-refractivity contribution < 1.29 is 21.6 Å². The molecular weight excluding hydrogens is 265 g/mol. The summed E-state index contributed by atoms with van der Waals surface area (Å²) in [7, 11) is 1.58. The molecule has 0 aromatic carbocycles. The lowest BCUT2D eigenvalue weighted by atomic mass is 10.1. The number of alkyl halides is 3. The Morgan fingerprint density at radius 3 is 1.75 bits per heavy atom. The van der Waals surface area contributed by atoms with E-state index in [2.05, 4.69) is 0 Å². The maximum atomic E-state index is 11.7. The molecule has 0 unspecified atom stereocenters. The van der Waals surface area contributed by atoms with Gasteiger partial charge < -0.3 is 0 Å². The van der Waals surface area contributed by atoms with Gasteiger partial charge in [0.2, 0.25) is 9.05 Å². The monoisotopic (exact) mass is 280 g/mol. The fourth-order valence-corrected chi connectivity index (χ4v) is 2.18. The number of hydrogen-bond acceptors (Lipinski definition) is 2. The van der Waals surface area contributed by atoms with E-state index in [1.165, 1.54) is 0 Å². The van der Waals surface area contributed by atoms with Gasteiger partial charge in [-0.15, -0.1) is 0 Å². The lowest BCUT2D eigenvalue weighted by Gasteiger charge is -2.05. The number of unbranched alkanes of at least 4 members (excludes halogenated alkanes) is 5. The highest BCUT2D eigenvalue weighted by Crippen LogP contribution is 2.23.